The first kappa shape index (κ1) is 21.9. The normalized spacial score (nSPS) is 12.3. The minimum atomic E-state index is -3.63. The van der Waals surface area contributed by atoms with Crippen LogP contribution >= 0.6 is 0 Å². The lowest BCUT2D eigenvalue weighted by Gasteiger charge is -2.21. The van der Waals surface area contributed by atoms with E-state index in [1.54, 1.807) is 26.0 Å². The van der Waals surface area contributed by atoms with Crippen LogP contribution in [0, 0.1) is 5.92 Å². The molecule has 1 heterocycles. The molecular weight excluding hydrogens is 400 g/mol. The van der Waals surface area contributed by atoms with Crippen LogP contribution in [0.3, 0.4) is 0 Å². The molecule has 0 saturated heterocycles. The zero-order valence-electron chi connectivity index (χ0n) is 16.0. The molecule has 2 aromatic rings. The number of amides is 2. The van der Waals surface area contributed by atoms with E-state index < -0.39 is 28.0 Å². The van der Waals surface area contributed by atoms with Crippen LogP contribution in [0.25, 0.3) is 0 Å². The molecule has 2 amide bonds. The number of primary amides is 2. The van der Waals surface area contributed by atoms with Gasteiger partial charge in [-0.15, -0.1) is 0 Å². The van der Waals surface area contributed by atoms with Gasteiger partial charge in [0, 0.05) is 11.9 Å². The van der Waals surface area contributed by atoms with E-state index in [1.807, 2.05) is 0 Å². The smallest absolute Gasteiger partial charge is 0.306 e. The minimum absolute atomic E-state index is 0.000602. The zero-order valence-corrected chi connectivity index (χ0v) is 16.9. The standard InChI is InChI=1S/C17H22N6O5S/c1-9(2)13(15(19)25)22-16-12(14(18)24)8-20-17(23-16)21-10-4-6-11(7-5-10)28-29(3,26)27/h4-9,13H,1-3H3,(H2,18,24)(H2,19,25)(H2,20,21,22,23). The molecule has 0 spiro atoms. The number of benzene rings is 1. The van der Waals surface area contributed by atoms with E-state index in [0.29, 0.717) is 5.69 Å². The summed E-state index contributed by atoms with van der Waals surface area (Å²) in [6.45, 7) is 3.57. The molecule has 1 aromatic carbocycles. The van der Waals surface area contributed by atoms with Gasteiger partial charge in [-0.2, -0.15) is 13.4 Å². The second-order valence-corrected chi connectivity index (χ2v) is 8.10. The largest absolute Gasteiger partial charge is 0.383 e. The molecule has 0 saturated carbocycles. The van der Waals surface area contributed by atoms with E-state index in [9.17, 15) is 18.0 Å². The number of hydrogen-bond acceptors (Lipinski definition) is 9. The van der Waals surface area contributed by atoms with Gasteiger partial charge in [0.05, 0.1) is 11.8 Å². The second-order valence-electron chi connectivity index (χ2n) is 6.53. The predicted octanol–water partition coefficient (Wildman–Crippen LogP) is 0.579. The van der Waals surface area contributed by atoms with Crippen LogP contribution in [-0.2, 0) is 14.9 Å². The highest BCUT2D eigenvalue weighted by molar-refractivity contribution is 7.86. The third-order valence-electron chi connectivity index (χ3n) is 3.68. The van der Waals surface area contributed by atoms with Crippen LogP contribution in [0.1, 0.15) is 24.2 Å². The van der Waals surface area contributed by atoms with Crippen LogP contribution < -0.4 is 26.3 Å². The number of carbonyl (C=O) groups excluding carboxylic acids is 2. The average molecular weight is 422 g/mol. The van der Waals surface area contributed by atoms with Crippen molar-refractivity contribution >= 4 is 39.4 Å². The van der Waals surface area contributed by atoms with E-state index >= 15 is 0 Å². The molecule has 0 bridgehead atoms. The maximum Gasteiger partial charge on any atom is 0.306 e. The molecule has 0 aliphatic rings. The fourth-order valence-corrected chi connectivity index (χ4v) is 2.80. The molecular formula is C17H22N6O5S. The Kier molecular flexibility index (Phi) is 6.59. The summed E-state index contributed by atoms with van der Waals surface area (Å²) in [5.74, 6) is -1.22. The Morgan fingerprint density at radius 2 is 1.76 bits per heavy atom. The highest BCUT2D eigenvalue weighted by Gasteiger charge is 2.23. The summed E-state index contributed by atoms with van der Waals surface area (Å²) in [5, 5.41) is 5.73. The van der Waals surface area contributed by atoms with Gasteiger partial charge in [-0.25, -0.2) is 4.98 Å². The van der Waals surface area contributed by atoms with Crippen LogP contribution in [0.5, 0.6) is 5.75 Å². The molecule has 0 fully saturated rings. The van der Waals surface area contributed by atoms with Crippen molar-refractivity contribution in [2.45, 2.75) is 19.9 Å². The monoisotopic (exact) mass is 422 g/mol. The Balaban J connectivity index is 2.28. The van der Waals surface area contributed by atoms with Gasteiger partial charge in [-0.05, 0) is 30.2 Å². The van der Waals surface area contributed by atoms with Crippen molar-refractivity contribution < 1.29 is 22.2 Å². The molecule has 29 heavy (non-hydrogen) atoms. The molecule has 11 nitrogen and oxygen atoms in total. The Morgan fingerprint density at radius 1 is 1.14 bits per heavy atom. The minimum Gasteiger partial charge on any atom is -0.383 e. The highest BCUT2D eigenvalue weighted by Crippen LogP contribution is 2.22. The van der Waals surface area contributed by atoms with Crippen molar-refractivity contribution in [3.05, 3.63) is 36.0 Å². The first-order chi connectivity index (χ1) is 13.5. The Hall–Kier alpha value is -3.41. The summed E-state index contributed by atoms with van der Waals surface area (Å²) in [6, 6.07) is 5.23. The lowest BCUT2D eigenvalue weighted by atomic mass is 10.0. The summed E-state index contributed by atoms with van der Waals surface area (Å²) >= 11 is 0. The molecule has 156 valence electrons. The quantitative estimate of drug-likeness (QED) is 0.420. The zero-order chi connectivity index (χ0) is 21.8. The fourth-order valence-electron chi connectivity index (χ4n) is 2.34. The number of nitrogens with two attached hydrogens (primary N) is 2. The molecule has 2 rings (SSSR count). The van der Waals surface area contributed by atoms with Gasteiger partial charge in [-0.3, -0.25) is 9.59 Å². The summed E-state index contributed by atoms with van der Waals surface area (Å²) in [7, 11) is -3.63. The van der Waals surface area contributed by atoms with Crippen LogP contribution in [-0.4, -0.2) is 42.5 Å². The van der Waals surface area contributed by atoms with Crippen molar-refractivity contribution in [3.8, 4) is 5.75 Å². The first-order valence-corrected chi connectivity index (χ1v) is 10.3. The van der Waals surface area contributed by atoms with E-state index in [0.717, 1.165) is 6.26 Å². The number of nitrogens with one attached hydrogen (secondary N) is 2. The van der Waals surface area contributed by atoms with Gasteiger partial charge in [0.1, 0.15) is 17.6 Å². The second kappa shape index (κ2) is 8.73. The van der Waals surface area contributed by atoms with Gasteiger partial charge in [0.2, 0.25) is 11.9 Å². The predicted molar refractivity (Wildman–Crippen MR) is 107 cm³/mol. The van der Waals surface area contributed by atoms with E-state index in [-0.39, 0.29) is 29.0 Å². The molecule has 12 heteroatoms. The van der Waals surface area contributed by atoms with Gasteiger partial charge in [-0.1, -0.05) is 13.8 Å². The van der Waals surface area contributed by atoms with Crippen molar-refractivity contribution in [1.82, 2.24) is 9.97 Å². The summed E-state index contributed by atoms with van der Waals surface area (Å²) < 4.78 is 27.1. The maximum atomic E-state index is 11.7. The number of hydrogen-bond donors (Lipinski definition) is 4. The van der Waals surface area contributed by atoms with Crippen LogP contribution in [0.15, 0.2) is 30.5 Å². The Morgan fingerprint density at radius 3 is 2.24 bits per heavy atom. The third-order valence-corrected chi connectivity index (χ3v) is 4.17. The van der Waals surface area contributed by atoms with Crippen LogP contribution in [0.2, 0.25) is 0 Å². The van der Waals surface area contributed by atoms with Gasteiger partial charge < -0.3 is 26.3 Å². The Bertz CT molecular complexity index is 1010. The topological polar surface area (TPSA) is 179 Å². The SMILES string of the molecule is CC(C)C(Nc1nc(Nc2ccc(OS(C)(=O)=O)cc2)ncc1C(N)=O)C(N)=O. The van der Waals surface area contributed by atoms with Crippen LogP contribution in [0.4, 0.5) is 17.5 Å². The number of carbonyl (C=O) groups is 2. The van der Waals surface area contributed by atoms with Crippen molar-refractivity contribution in [1.29, 1.82) is 0 Å². The average Bonchev–Trinajstić information content (AvgIpc) is 2.59. The molecule has 1 unspecified atom stereocenters. The van der Waals surface area contributed by atoms with Gasteiger partial charge in [0.15, 0.2) is 0 Å². The highest BCUT2D eigenvalue weighted by atomic mass is 32.2. The van der Waals surface area contributed by atoms with Gasteiger partial charge >= 0.3 is 10.1 Å². The van der Waals surface area contributed by atoms with Crippen molar-refractivity contribution in [2.75, 3.05) is 16.9 Å². The molecule has 0 aliphatic heterocycles. The molecule has 0 aliphatic carbocycles. The summed E-state index contributed by atoms with van der Waals surface area (Å²) in [4.78, 5) is 31.6. The van der Waals surface area contributed by atoms with E-state index in [2.05, 4.69) is 20.6 Å². The maximum absolute atomic E-state index is 11.7. The lowest BCUT2D eigenvalue weighted by molar-refractivity contribution is -0.119. The Labute approximate surface area is 168 Å². The number of rotatable bonds is 9. The van der Waals surface area contributed by atoms with E-state index in [4.69, 9.17) is 15.7 Å². The summed E-state index contributed by atoms with van der Waals surface area (Å²) in [6.07, 6.45) is 2.16. The van der Waals surface area contributed by atoms with Crippen molar-refractivity contribution in [2.24, 2.45) is 17.4 Å². The lowest BCUT2D eigenvalue weighted by Crippen LogP contribution is -2.40. The van der Waals surface area contributed by atoms with Gasteiger partial charge in [0.25, 0.3) is 5.91 Å². The number of nitrogens with zero attached hydrogens (tertiary/aromatic N) is 2. The first-order valence-electron chi connectivity index (χ1n) is 8.45. The number of anilines is 3. The molecule has 6 N–H and O–H groups in total. The van der Waals surface area contributed by atoms with Crippen molar-refractivity contribution in [3.63, 3.8) is 0 Å². The summed E-state index contributed by atoms with van der Waals surface area (Å²) in [5.41, 5.74) is 11.3. The molecule has 1 atom stereocenters. The molecule has 1 aromatic heterocycles. The number of aromatic nitrogens is 2. The third kappa shape index (κ3) is 6.31. The molecule has 0 radical (unpaired) electrons. The van der Waals surface area contributed by atoms with E-state index in [1.165, 1.54) is 18.3 Å². The fraction of sp³-hybridized carbons (Fsp3) is 0.294.